The smallest absolute Gasteiger partial charge is 0.382 e. The van der Waals surface area contributed by atoms with Crippen LogP contribution in [-0.2, 0) is 11.0 Å². The van der Waals surface area contributed by atoms with Gasteiger partial charge in [0.2, 0.25) is 5.91 Å². The number of hydrogen-bond donors (Lipinski definition) is 2. The Balaban J connectivity index is 2.05. The number of halogens is 4. The summed E-state index contributed by atoms with van der Waals surface area (Å²) < 4.78 is 38.3. The summed E-state index contributed by atoms with van der Waals surface area (Å²) in [6, 6.07) is 3.40. The Hall–Kier alpha value is -1.24. The summed E-state index contributed by atoms with van der Waals surface area (Å²) in [7, 11) is 0. The van der Waals surface area contributed by atoms with Gasteiger partial charge < -0.3 is 10.6 Å². The maximum Gasteiger partial charge on any atom is 0.416 e. The summed E-state index contributed by atoms with van der Waals surface area (Å²) >= 11 is 3.20. The zero-order chi connectivity index (χ0) is 14.0. The predicted octanol–water partition coefficient (Wildman–Crippen LogP) is 3.16. The summed E-state index contributed by atoms with van der Waals surface area (Å²) in [5, 5.41) is 5.68. The van der Waals surface area contributed by atoms with Crippen LogP contribution in [0, 0.1) is 0 Å². The van der Waals surface area contributed by atoms with Crippen LogP contribution in [-0.4, -0.2) is 18.5 Å². The standard InChI is InChI=1S/C12H12BrF3N2O/c13-9-3-1-7(12(14,15)16)5-10(9)17-6-8-2-4-11(19)18-8/h1,3,5,8,17H,2,4,6H2,(H,18,19). The molecule has 1 fully saturated rings. The predicted molar refractivity (Wildman–Crippen MR) is 68.8 cm³/mol. The van der Waals surface area contributed by atoms with Gasteiger partial charge in [0.25, 0.3) is 0 Å². The molecule has 0 saturated carbocycles. The Morgan fingerprint density at radius 1 is 1.42 bits per heavy atom. The van der Waals surface area contributed by atoms with Crippen molar-refractivity contribution in [2.24, 2.45) is 0 Å². The van der Waals surface area contributed by atoms with E-state index in [9.17, 15) is 18.0 Å². The van der Waals surface area contributed by atoms with E-state index in [0.29, 0.717) is 29.5 Å². The molecular formula is C12H12BrF3N2O. The first-order valence-electron chi connectivity index (χ1n) is 5.76. The van der Waals surface area contributed by atoms with E-state index in [-0.39, 0.29) is 11.9 Å². The molecule has 1 heterocycles. The van der Waals surface area contributed by atoms with Crippen molar-refractivity contribution in [2.75, 3.05) is 11.9 Å². The highest BCUT2D eigenvalue weighted by molar-refractivity contribution is 9.10. The van der Waals surface area contributed by atoms with Gasteiger partial charge in [-0.3, -0.25) is 4.79 Å². The molecule has 19 heavy (non-hydrogen) atoms. The van der Waals surface area contributed by atoms with E-state index >= 15 is 0 Å². The lowest BCUT2D eigenvalue weighted by Crippen LogP contribution is -2.31. The molecule has 104 valence electrons. The number of benzene rings is 1. The molecule has 1 saturated heterocycles. The second kappa shape index (κ2) is 5.40. The SMILES string of the molecule is O=C1CCC(CNc2cc(C(F)(F)F)ccc2Br)N1. The van der Waals surface area contributed by atoms with Crippen LogP contribution in [0.15, 0.2) is 22.7 Å². The molecule has 7 heteroatoms. The highest BCUT2D eigenvalue weighted by Crippen LogP contribution is 2.33. The fourth-order valence-corrected chi connectivity index (χ4v) is 2.29. The first kappa shape index (κ1) is 14.2. The molecule has 2 N–H and O–H groups in total. The second-order valence-corrected chi connectivity index (χ2v) is 5.23. The van der Waals surface area contributed by atoms with E-state index < -0.39 is 11.7 Å². The number of rotatable bonds is 3. The topological polar surface area (TPSA) is 41.1 Å². The number of hydrogen-bond acceptors (Lipinski definition) is 2. The van der Waals surface area contributed by atoms with Crippen LogP contribution in [0.1, 0.15) is 18.4 Å². The van der Waals surface area contributed by atoms with Crippen molar-refractivity contribution >= 4 is 27.5 Å². The minimum atomic E-state index is -4.36. The van der Waals surface area contributed by atoms with Crippen molar-refractivity contribution in [1.82, 2.24) is 5.32 Å². The van der Waals surface area contributed by atoms with Gasteiger partial charge in [-0.1, -0.05) is 0 Å². The molecule has 0 radical (unpaired) electrons. The van der Waals surface area contributed by atoms with E-state index in [2.05, 4.69) is 26.6 Å². The first-order valence-corrected chi connectivity index (χ1v) is 6.55. The number of carbonyl (C=O) groups is 1. The second-order valence-electron chi connectivity index (χ2n) is 4.38. The third kappa shape index (κ3) is 3.62. The van der Waals surface area contributed by atoms with Crippen molar-refractivity contribution in [1.29, 1.82) is 0 Å². The van der Waals surface area contributed by atoms with Gasteiger partial charge in [0.15, 0.2) is 0 Å². The highest BCUT2D eigenvalue weighted by atomic mass is 79.9. The number of anilines is 1. The molecule has 1 aromatic rings. The van der Waals surface area contributed by atoms with Crippen LogP contribution in [0.4, 0.5) is 18.9 Å². The lowest BCUT2D eigenvalue weighted by atomic mass is 10.2. The van der Waals surface area contributed by atoms with E-state index in [4.69, 9.17) is 0 Å². The van der Waals surface area contributed by atoms with Crippen molar-refractivity contribution in [2.45, 2.75) is 25.1 Å². The first-order chi connectivity index (χ1) is 8.86. The van der Waals surface area contributed by atoms with Crippen molar-refractivity contribution in [3.63, 3.8) is 0 Å². The quantitative estimate of drug-likeness (QED) is 0.890. The van der Waals surface area contributed by atoms with Crippen LogP contribution in [0.3, 0.4) is 0 Å². The van der Waals surface area contributed by atoms with Gasteiger partial charge in [-0.25, -0.2) is 0 Å². The average molecular weight is 337 g/mol. The molecule has 1 aliphatic rings. The van der Waals surface area contributed by atoms with Gasteiger partial charge in [0.1, 0.15) is 0 Å². The molecular weight excluding hydrogens is 325 g/mol. The van der Waals surface area contributed by atoms with Crippen LogP contribution in [0.5, 0.6) is 0 Å². The summed E-state index contributed by atoms with van der Waals surface area (Å²) in [6.45, 7) is 0.408. The number of alkyl halides is 3. The summed E-state index contributed by atoms with van der Waals surface area (Å²) in [4.78, 5) is 11.0. The van der Waals surface area contributed by atoms with E-state index in [1.165, 1.54) is 6.07 Å². The summed E-state index contributed by atoms with van der Waals surface area (Å²) in [6.07, 6.45) is -3.20. The van der Waals surface area contributed by atoms with Crippen LogP contribution < -0.4 is 10.6 Å². The fraction of sp³-hybridized carbons (Fsp3) is 0.417. The number of carbonyl (C=O) groups excluding carboxylic acids is 1. The Labute approximate surface area is 116 Å². The Kier molecular flexibility index (Phi) is 4.03. The van der Waals surface area contributed by atoms with Gasteiger partial charge in [0, 0.05) is 29.2 Å². The maximum absolute atomic E-state index is 12.6. The van der Waals surface area contributed by atoms with Gasteiger partial charge in [-0.05, 0) is 40.5 Å². The minimum Gasteiger partial charge on any atom is -0.382 e. The number of amides is 1. The third-order valence-electron chi connectivity index (χ3n) is 2.92. The van der Waals surface area contributed by atoms with Gasteiger partial charge >= 0.3 is 6.18 Å². The molecule has 1 aromatic carbocycles. The van der Waals surface area contributed by atoms with Crippen molar-refractivity contribution in [3.05, 3.63) is 28.2 Å². The van der Waals surface area contributed by atoms with E-state index in [1.54, 1.807) is 0 Å². The molecule has 1 unspecified atom stereocenters. The lowest BCUT2D eigenvalue weighted by molar-refractivity contribution is -0.137. The lowest BCUT2D eigenvalue weighted by Gasteiger charge is -2.15. The molecule has 1 aliphatic heterocycles. The highest BCUT2D eigenvalue weighted by Gasteiger charge is 2.31. The maximum atomic E-state index is 12.6. The molecule has 1 atom stereocenters. The van der Waals surface area contributed by atoms with Crippen molar-refractivity contribution < 1.29 is 18.0 Å². The minimum absolute atomic E-state index is 0.0186. The Bertz CT molecular complexity index is 490. The van der Waals surface area contributed by atoms with E-state index in [0.717, 1.165) is 12.1 Å². The average Bonchev–Trinajstić information content (AvgIpc) is 2.72. The zero-order valence-corrected chi connectivity index (χ0v) is 11.4. The van der Waals surface area contributed by atoms with Crippen molar-refractivity contribution in [3.8, 4) is 0 Å². The fourth-order valence-electron chi connectivity index (χ4n) is 1.90. The molecule has 0 aromatic heterocycles. The molecule has 0 aliphatic carbocycles. The molecule has 1 amide bonds. The van der Waals surface area contributed by atoms with E-state index in [1.807, 2.05) is 0 Å². The zero-order valence-electron chi connectivity index (χ0n) is 9.85. The van der Waals surface area contributed by atoms with Gasteiger partial charge in [-0.2, -0.15) is 13.2 Å². The summed E-state index contributed by atoms with van der Waals surface area (Å²) in [5.74, 6) is -0.0186. The van der Waals surface area contributed by atoms with Gasteiger partial charge in [-0.15, -0.1) is 0 Å². The monoisotopic (exact) mass is 336 g/mol. The molecule has 0 bridgehead atoms. The molecule has 0 spiro atoms. The summed E-state index contributed by atoms with van der Waals surface area (Å²) in [5.41, 5.74) is -0.329. The Morgan fingerprint density at radius 2 is 2.16 bits per heavy atom. The third-order valence-corrected chi connectivity index (χ3v) is 3.61. The van der Waals surface area contributed by atoms with Crippen LogP contribution in [0.25, 0.3) is 0 Å². The molecule has 2 rings (SSSR count). The largest absolute Gasteiger partial charge is 0.416 e. The van der Waals surface area contributed by atoms with Gasteiger partial charge in [0.05, 0.1) is 5.56 Å². The normalized spacial score (nSPS) is 19.4. The van der Waals surface area contributed by atoms with Crippen LogP contribution in [0.2, 0.25) is 0 Å². The van der Waals surface area contributed by atoms with Crippen LogP contribution >= 0.6 is 15.9 Å². The number of nitrogens with one attached hydrogen (secondary N) is 2. The Morgan fingerprint density at radius 3 is 2.74 bits per heavy atom. The molecule has 3 nitrogen and oxygen atoms in total.